The Morgan fingerprint density at radius 2 is 1.80 bits per heavy atom. The van der Waals surface area contributed by atoms with E-state index in [2.05, 4.69) is 27.4 Å². The van der Waals surface area contributed by atoms with Crippen LogP contribution in [0.15, 0.2) is 84.5 Å². The standard InChI is InChI=1S/C26H24FN5O2S/c1-2-15-32-23(13-14-28-25(34)21-9-5-6-10-22(21)27)30-31-26(32)35-17-24(33)29-20-12-11-18-7-3-4-8-19(18)16-20/h2-12,16H,1,13-15,17H2,(H,28,34)(H,29,33). The molecule has 0 aliphatic carbocycles. The lowest BCUT2D eigenvalue weighted by atomic mass is 10.1. The summed E-state index contributed by atoms with van der Waals surface area (Å²) >= 11 is 1.27. The summed E-state index contributed by atoms with van der Waals surface area (Å²) in [6.07, 6.45) is 2.11. The van der Waals surface area contributed by atoms with Gasteiger partial charge >= 0.3 is 0 Å². The van der Waals surface area contributed by atoms with Crippen molar-refractivity contribution < 1.29 is 14.0 Å². The molecule has 0 aliphatic rings. The maximum atomic E-state index is 13.8. The molecule has 2 amide bonds. The molecule has 0 fully saturated rings. The number of carbonyl (C=O) groups excluding carboxylic acids is 2. The third-order valence-electron chi connectivity index (χ3n) is 5.22. The number of carbonyl (C=O) groups is 2. The van der Waals surface area contributed by atoms with Crippen molar-refractivity contribution >= 4 is 40.0 Å². The molecule has 0 radical (unpaired) electrons. The summed E-state index contributed by atoms with van der Waals surface area (Å²) in [5.41, 5.74) is 0.724. The number of allylic oxidation sites excluding steroid dienone is 1. The first kappa shape index (κ1) is 24.2. The largest absolute Gasteiger partial charge is 0.351 e. The highest BCUT2D eigenvalue weighted by Gasteiger charge is 2.15. The van der Waals surface area contributed by atoms with Crippen LogP contribution < -0.4 is 10.6 Å². The second-order valence-electron chi connectivity index (χ2n) is 7.68. The predicted octanol–water partition coefficient (Wildman–Crippen LogP) is 4.46. The van der Waals surface area contributed by atoms with Crippen molar-refractivity contribution in [2.45, 2.75) is 18.1 Å². The molecule has 4 aromatic rings. The van der Waals surface area contributed by atoms with E-state index in [1.165, 1.54) is 30.0 Å². The van der Waals surface area contributed by atoms with Gasteiger partial charge in [-0.2, -0.15) is 0 Å². The van der Waals surface area contributed by atoms with E-state index in [9.17, 15) is 14.0 Å². The Kier molecular flexibility index (Phi) is 7.89. The van der Waals surface area contributed by atoms with Crippen LogP contribution in [0.3, 0.4) is 0 Å². The Hall–Kier alpha value is -3.98. The average molecular weight is 490 g/mol. The van der Waals surface area contributed by atoms with Gasteiger partial charge in [0.15, 0.2) is 5.16 Å². The third kappa shape index (κ3) is 6.13. The van der Waals surface area contributed by atoms with Crippen molar-refractivity contribution in [1.82, 2.24) is 20.1 Å². The van der Waals surface area contributed by atoms with Gasteiger partial charge in [0.25, 0.3) is 5.91 Å². The molecule has 0 spiro atoms. The smallest absolute Gasteiger partial charge is 0.254 e. The second-order valence-corrected chi connectivity index (χ2v) is 8.63. The number of hydrogen-bond acceptors (Lipinski definition) is 5. The minimum absolute atomic E-state index is 0.00581. The van der Waals surface area contributed by atoms with Crippen molar-refractivity contribution in [2.24, 2.45) is 0 Å². The van der Waals surface area contributed by atoms with Gasteiger partial charge in [-0.15, -0.1) is 16.8 Å². The number of aromatic nitrogens is 3. The number of hydrogen-bond donors (Lipinski definition) is 2. The van der Waals surface area contributed by atoms with Crippen LogP contribution in [0.4, 0.5) is 10.1 Å². The van der Waals surface area contributed by atoms with E-state index in [0.717, 1.165) is 16.5 Å². The molecule has 178 valence electrons. The number of anilines is 1. The summed E-state index contributed by atoms with van der Waals surface area (Å²) in [5.74, 6) is -0.418. The molecular weight excluding hydrogens is 465 g/mol. The molecule has 4 rings (SSSR count). The van der Waals surface area contributed by atoms with Crippen LogP contribution >= 0.6 is 11.8 Å². The lowest BCUT2D eigenvalue weighted by Gasteiger charge is -2.09. The summed E-state index contributed by atoms with van der Waals surface area (Å²) in [5, 5.41) is 16.8. The molecule has 7 nitrogen and oxygen atoms in total. The van der Waals surface area contributed by atoms with E-state index >= 15 is 0 Å². The van der Waals surface area contributed by atoms with Gasteiger partial charge in [-0.25, -0.2) is 4.39 Å². The summed E-state index contributed by atoms with van der Waals surface area (Å²) in [4.78, 5) is 24.7. The van der Waals surface area contributed by atoms with E-state index in [1.54, 1.807) is 12.1 Å². The van der Waals surface area contributed by atoms with Crippen LogP contribution in [0, 0.1) is 5.82 Å². The quantitative estimate of drug-likeness (QED) is 0.254. The van der Waals surface area contributed by atoms with Gasteiger partial charge in [-0.3, -0.25) is 9.59 Å². The number of rotatable bonds is 10. The lowest BCUT2D eigenvalue weighted by Crippen LogP contribution is -2.27. The Balaban J connectivity index is 1.33. The molecule has 1 aromatic heterocycles. The normalized spacial score (nSPS) is 10.8. The first-order valence-corrected chi connectivity index (χ1v) is 12.0. The molecule has 0 saturated heterocycles. The van der Waals surface area contributed by atoms with E-state index in [1.807, 2.05) is 47.0 Å². The van der Waals surface area contributed by atoms with Gasteiger partial charge in [0.05, 0.1) is 11.3 Å². The van der Waals surface area contributed by atoms with Crippen molar-refractivity contribution in [3.8, 4) is 0 Å². The Labute approximate surface area is 206 Å². The molecule has 0 aliphatic heterocycles. The van der Waals surface area contributed by atoms with Crippen molar-refractivity contribution in [3.05, 3.63) is 96.6 Å². The maximum absolute atomic E-state index is 13.8. The molecule has 3 aromatic carbocycles. The number of amides is 2. The number of nitrogens with zero attached hydrogens (tertiary/aromatic N) is 3. The zero-order valence-electron chi connectivity index (χ0n) is 18.9. The summed E-state index contributed by atoms with van der Waals surface area (Å²) in [6, 6.07) is 19.5. The number of benzene rings is 3. The number of thioether (sulfide) groups is 1. The molecule has 2 N–H and O–H groups in total. The van der Waals surface area contributed by atoms with Crippen LogP contribution in [0.2, 0.25) is 0 Å². The third-order valence-corrected chi connectivity index (χ3v) is 6.19. The van der Waals surface area contributed by atoms with E-state index in [0.29, 0.717) is 23.9 Å². The molecular formula is C26H24FN5O2S. The number of halogens is 1. The van der Waals surface area contributed by atoms with E-state index in [4.69, 9.17) is 0 Å². The van der Waals surface area contributed by atoms with Crippen LogP contribution in [0.25, 0.3) is 10.8 Å². The second kappa shape index (κ2) is 11.4. The lowest BCUT2D eigenvalue weighted by molar-refractivity contribution is -0.113. The summed E-state index contributed by atoms with van der Waals surface area (Å²) in [6.45, 7) is 4.49. The van der Waals surface area contributed by atoms with Gasteiger partial charge in [0, 0.05) is 25.2 Å². The highest BCUT2D eigenvalue weighted by atomic mass is 32.2. The van der Waals surface area contributed by atoms with Crippen LogP contribution in [0.5, 0.6) is 0 Å². The topological polar surface area (TPSA) is 88.9 Å². The first-order valence-electron chi connectivity index (χ1n) is 11.0. The highest BCUT2D eigenvalue weighted by molar-refractivity contribution is 7.99. The zero-order valence-corrected chi connectivity index (χ0v) is 19.7. The van der Waals surface area contributed by atoms with Crippen LogP contribution in [-0.4, -0.2) is 38.9 Å². The Morgan fingerprint density at radius 1 is 1.03 bits per heavy atom. The molecule has 0 atom stereocenters. The zero-order chi connectivity index (χ0) is 24.6. The highest BCUT2D eigenvalue weighted by Crippen LogP contribution is 2.21. The molecule has 1 heterocycles. The van der Waals surface area contributed by atoms with Gasteiger partial charge in [0.2, 0.25) is 5.91 Å². The van der Waals surface area contributed by atoms with Gasteiger partial charge in [-0.05, 0) is 35.0 Å². The fourth-order valence-corrected chi connectivity index (χ4v) is 4.31. The Bertz CT molecular complexity index is 1370. The van der Waals surface area contributed by atoms with Crippen molar-refractivity contribution in [1.29, 1.82) is 0 Å². The molecule has 0 unspecified atom stereocenters. The maximum Gasteiger partial charge on any atom is 0.254 e. The SMILES string of the molecule is C=CCn1c(CCNC(=O)c2ccccc2F)nnc1SCC(=O)Nc1ccc2ccccc2c1. The summed E-state index contributed by atoms with van der Waals surface area (Å²) < 4.78 is 15.6. The van der Waals surface area contributed by atoms with Crippen molar-refractivity contribution in [2.75, 3.05) is 17.6 Å². The predicted molar refractivity (Wildman–Crippen MR) is 136 cm³/mol. The fraction of sp³-hybridized carbons (Fsp3) is 0.154. The Morgan fingerprint density at radius 3 is 2.60 bits per heavy atom. The number of fused-ring (bicyclic) bond motifs is 1. The monoisotopic (exact) mass is 489 g/mol. The number of nitrogens with one attached hydrogen (secondary N) is 2. The minimum atomic E-state index is -0.569. The van der Waals surface area contributed by atoms with E-state index < -0.39 is 11.7 Å². The molecule has 0 bridgehead atoms. The van der Waals surface area contributed by atoms with Gasteiger partial charge in [0.1, 0.15) is 11.6 Å². The first-order chi connectivity index (χ1) is 17.0. The minimum Gasteiger partial charge on any atom is -0.351 e. The fourth-order valence-electron chi connectivity index (χ4n) is 3.55. The van der Waals surface area contributed by atoms with Gasteiger partial charge in [-0.1, -0.05) is 60.3 Å². The molecule has 9 heteroatoms. The van der Waals surface area contributed by atoms with Gasteiger partial charge < -0.3 is 15.2 Å². The van der Waals surface area contributed by atoms with Crippen LogP contribution in [-0.2, 0) is 17.8 Å². The average Bonchev–Trinajstić information content (AvgIpc) is 3.24. The molecule has 35 heavy (non-hydrogen) atoms. The molecule has 0 saturated carbocycles. The van der Waals surface area contributed by atoms with Crippen molar-refractivity contribution in [3.63, 3.8) is 0 Å². The summed E-state index contributed by atoms with van der Waals surface area (Å²) in [7, 11) is 0. The van der Waals surface area contributed by atoms with Crippen LogP contribution in [0.1, 0.15) is 16.2 Å². The van der Waals surface area contributed by atoms with E-state index in [-0.39, 0.29) is 23.8 Å².